The zero-order valence-corrected chi connectivity index (χ0v) is 13.1. The van der Waals surface area contributed by atoms with Crippen molar-refractivity contribution >= 4 is 6.03 Å². The lowest BCUT2D eigenvalue weighted by molar-refractivity contribution is 0.0572. The minimum absolute atomic E-state index is 0.0156. The van der Waals surface area contributed by atoms with E-state index in [9.17, 15) is 4.79 Å². The third-order valence-corrected chi connectivity index (χ3v) is 4.23. The Kier molecular flexibility index (Phi) is 3.34. The second-order valence-electron chi connectivity index (χ2n) is 7.24. The summed E-state index contributed by atoms with van der Waals surface area (Å²) in [5, 5.41) is 3.03. The predicted octanol–water partition coefficient (Wildman–Crippen LogP) is 2.96. The lowest BCUT2D eigenvalue weighted by Crippen LogP contribution is -2.50. The molecule has 0 aromatic heterocycles. The van der Waals surface area contributed by atoms with Crippen molar-refractivity contribution in [2.45, 2.75) is 51.2 Å². The van der Waals surface area contributed by atoms with Crippen molar-refractivity contribution in [3.05, 3.63) is 29.8 Å². The van der Waals surface area contributed by atoms with Gasteiger partial charge in [0.05, 0.1) is 6.54 Å². The van der Waals surface area contributed by atoms with Crippen LogP contribution < -0.4 is 10.1 Å². The molecule has 1 aromatic carbocycles. The van der Waals surface area contributed by atoms with Gasteiger partial charge in [0, 0.05) is 18.5 Å². The van der Waals surface area contributed by atoms with E-state index in [0.29, 0.717) is 6.54 Å². The molecule has 1 unspecified atom stereocenters. The summed E-state index contributed by atoms with van der Waals surface area (Å²) in [6.07, 6.45) is 2.94. The molecule has 21 heavy (non-hydrogen) atoms. The van der Waals surface area contributed by atoms with Gasteiger partial charge in [-0.05, 0) is 45.2 Å². The van der Waals surface area contributed by atoms with Gasteiger partial charge in [0.15, 0.2) is 0 Å². The van der Waals surface area contributed by atoms with Gasteiger partial charge in [0.2, 0.25) is 0 Å². The lowest BCUT2D eigenvalue weighted by Gasteiger charge is -2.35. The topological polar surface area (TPSA) is 41.6 Å². The first-order valence-corrected chi connectivity index (χ1v) is 7.71. The van der Waals surface area contributed by atoms with Crippen LogP contribution in [-0.2, 0) is 6.42 Å². The van der Waals surface area contributed by atoms with Gasteiger partial charge in [-0.25, -0.2) is 4.79 Å². The number of rotatable bonds is 0. The molecule has 0 aliphatic carbocycles. The minimum Gasteiger partial charge on any atom is -0.485 e. The number of ether oxygens (including phenoxy) is 1. The van der Waals surface area contributed by atoms with Crippen molar-refractivity contribution < 1.29 is 9.53 Å². The molecule has 1 spiro atoms. The molecule has 2 heterocycles. The average Bonchev–Trinajstić information content (AvgIpc) is 2.81. The number of fused-ring (bicyclic) bond motifs is 1. The van der Waals surface area contributed by atoms with Gasteiger partial charge < -0.3 is 15.0 Å². The van der Waals surface area contributed by atoms with Crippen LogP contribution in [0.2, 0.25) is 0 Å². The van der Waals surface area contributed by atoms with Gasteiger partial charge in [-0.1, -0.05) is 18.2 Å². The molecular weight excluding hydrogens is 264 g/mol. The summed E-state index contributed by atoms with van der Waals surface area (Å²) in [6, 6.07) is 8.24. The number of likely N-dealkylation sites (tertiary alicyclic amines) is 1. The summed E-state index contributed by atoms with van der Waals surface area (Å²) in [6.45, 7) is 7.46. The molecular formula is C17H24N2O2. The number of urea groups is 1. The molecule has 1 atom stereocenters. The summed E-state index contributed by atoms with van der Waals surface area (Å²) in [4.78, 5) is 14.2. The van der Waals surface area contributed by atoms with Crippen LogP contribution in [0.1, 0.15) is 39.2 Å². The second-order valence-corrected chi connectivity index (χ2v) is 7.24. The normalized spacial score (nSPS) is 24.6. The molecule has 2 aliphatic heterocycles. The highest BCUT2D eigenvalue weighted by atomic mass is 16.5. The van der Waals surface area contributed by atoms with Crippen molar-refractivity contribution in [2.75, 3.05) is 13.1 Å². The Bertz CT molecular complexity index is 550. The molecule has 1 N–H and O–H groups in total. The maximum absolute atomic E-state index is 12.3. The minimum atomic E-state index is -0.202. The maximum atomic E-state index is 12.3. The molecule has 2 aliphatic rings. The highest BCUT2D eigenvalue weighted by Gasteiger charge is 2.44. The highest BCUT2D eigenvalue weighted by Crippen LogP contribution is 2.38. The van der Waals surface area contributed by atoms with E-state index in [1.54, 1.807) is 0 Å². The molecule has 2 amide bonds. The van der Waals surface area contributed by atoms with Crippen LogP contribution in [0.5, 0.6) is 5.75 Å². The monoisotopic (exact) mass is 288 g/mol. The Morgan fingerprint density at radius 2 is 2.05 bits per heavy atom. The van der Waals surface area contributed by atoms with E-state index in [-0.39, 0.29) is 17.2 Å². The zero-order valence-electron chi connectivity index (χ0n) is 13.1. The van der Waals surface area contributed by atoms with Crippen molar-refractivity contribution in [3.8, 4) is 5.75 Å². The van der Waals surface area contributed by atoms with E-state index >= 15 is 0 Å². The smallest absolute Gasteiger partial charge is 0.317 e. The number of hydrogen-bond acceptors (Lipinski definition) is 2. The van der Waals surface area contributed by atoms with Crippen LogP contribution in [0.4, 0.5) is 4.79 Å². The third kappa shape index (κ3) is 2.99. The molecule has 4 heteroatoms. The summed E-state index contributed by atoms with van der Waals surface area (Å²) < 4.78 is 6.27. The maximum Gasteiger partial charge on any atom is 0.317 e. The Morgan fingerprint density at radius 1 is 1.29 bits per heavy atom. The zero-order chi connectivity index (χ0) is 15.1. The molecule has 3 rings (SSSR count). The van der Waals surface area contributed by atoms with Crippen LogP contribution in [0.15, 0.2) is 24.3 Å². The van der Waals surface area contributed by atoms with Crippen LogP contribution in [-0.4, -0.2) is 35.2 Å². The Balaban J connectivity index is 1.69. The number of benzene rings is 1. The van der Waals surface area contributed by atoms with E-state index in [1.165, 1.54) is 5.56 Å². The fourth-order valence-corrected chi connectivity index (χ4v) is 3.16. The number of hydrogen-bond donors (Lipinski definition) is 1. The molecule has 1 fully saturated rings. The van der Waals surface area contributed by atoms with E-state index in [1.807, 2.05) is 37.8 Å². The lowest BCUT2D eigenvalue weighted by atomic mass is 9.90. The average molecular weight is 288 g/mol. The SMILES string of the molecule is CC(C)(C)NC(=O)N1CCC2(CCc3ccccc3O2)C1. The first kappa shape index (κ1) is 14.2. The molecule has 4 nitrogen and oxygen atoms in total. The van der Waals surface area contributed by atoms with E-state index in [0.717, 1.165) is 31.6 Å². The van der Waals surface area contributed by atoms with Crippen LogP contribution in [0.3, 0.4) is 0 Å². The van der Waals surface area contributed by atoms with E-state index in [4.69, 9.17) is 4.74 Å². The van der Waals surface area contributed by atoms with E-state index in [2.05, 4.69) is 17.4 Å². The molecule has 1 aromatic rings. The van der Waals surface area contributed by atoms with Crippen LogP contribution in [0, 0.1) is 0 Å². The second kappa shape index (κ2) is 4.93. The van der Waals surface area contributed by atoms with Gasteiger partial charge in [-0.15, -0.1) is 0 Å². The third-order valence-electron chi connectivity index (χ3n) is 4.23. The van der Waals surface area contributed by atoms with Crippen molar-refractivity contribution in [1.82, 2.24) is 10.2 Å². The summed E-state index contributed by atoms with van der Waals surface area (Å²) in [7, 11) is 0. The number of para-hydroxylation sites is 1. The first-order chi connectivity index (χ1) is 9.87. The molecule has 114 valence electrons. The summed E-state index contributed by atoms with van der Waals surface area (Å²) >= 11 is 0. The number of amides is 2. The van der Waals surface area contributed by atoms with Crippen molar-refractivity contribution in [2.24, 2.45) is 0 Å². The van der Waals surface area contributed by atoms with Gasteiger partial charge in [0.1, 0.15) is 11.4 Å². The number of carbonyl (C=O) groups excluding carboxylic acids is 1. The summed E-state index contributed by atoms with van der Waals surface area (Å²) in [5.41, 5.74) is 0.886. The quantitative estimate of drug-likeness (QED) is 0.797. The molecule has 1 saturated heterocycles. The Morgan fingerprint density at radius 3 is 2.81 bits per heavy atom. The van der Waals surface area contributed by atoms with Gasteiger partial charge in [0.25, 0.3) is 0 Å². The summed E-state index contributed by atoms with van der Waals surface area (Å²) in [5.74, 6) is 0.988. The van der Waals surface area contributed by atoms with Crippen molar-refractivity contribution in [1.29, 1.82) is 0 Å². The van der Waals surface area contributed by atoms with Crippen LogP contribution in [0.25, 0.3) is 0 Å². The number of nitrogens with one attached hydrogen (secondary N) is 1. The number of nitrogens with zero attached hydrogens (tertiary/aromatic N) is 1. The molecule has 0 bridgehead atoms. The fraction of sp³-hybridized carbons (Fsp3) is 0.588. The number of carbonyl (C=O) groups is 1. The largest absolute Gasteiger partial charge is 0.485 e. The Hall–Kier alpha value is -1.71. The number of aryl methyl sites for hydroxylation is 1. The van der Waals surface area contributed by atoms with Gasteiger partial charge in [-0.2, -0.15) is 0 Å². The standard InChI is InChI=1S/C17H24N2O2/c1-16(2,3)18-15(20)19-11-10-17(12-19)9-8-13-6-4-5-7-14(13)21-17/h4-7H,8-12H2,1-3H3,(H,18,20). The first-order valence-electron chi connectivity index (χ1n) is 7.71. The molecule has 0 saturated carbocycles. The van der Waals surface area contributed by atoms with Crippen LogP contribution >= 0.6 is 0 Å². The highest BCUT2D eigenvalue weighted by molar-refractivity contribution is 5.75. The fourth-order valence-electron chi connectivity index (χ4n) is 3.16. The van der Waals surface area contributed by atoms with Crippen molar-refractivity contribution in [3.63, 3.8) is 0 Å². The van der Waals surface area contributed by atoms with Gasteiger partial charge in [-0.3, -0.25) is 0 Å². The van der Waals surface area contributed by atoms with Gasteiger partial charge >= 0.3 is 6.03 Å². The Labute approximate surface area is 126 Å². The van der Waals surface area contributed by atoms with E-state index < -0.39 is 0 Å². The predicted molar refractivity (Wildman–Crippen MR) is 82.6 cm³/mol. The molecule has 0 radical (unpaired) electrons.